The zero-order valence-corrected chi connectivity index (χ0v) is 17.8. The van der Waals surface area contributed by atoms with Gasteiger partial charge in [-0.1, -0.05) is 13.3 Å². The van der Waals surface area contributed by atoms with Gasteiger partial charge in [0.25, 0.3) is 0 Å². The van der Waals surface area contributed by atoms with Crippen molar-refractivity contribution in [3.05, 3.63) is 36.0 Å². The predicted molar refractivity (Wildman–Crippen MR) is 111 cm³/mol. The molecule has 1 aromatic heterocycles. The van der Waals surface area contributed by atoms with Crippen molar-refractivity contribution >= 4 is 22.2 Å². The normalized spacial score (nSPS) is 18.1. The number of aromatic amines is 1. The average molecular weight is 413 g/mol. The van der Waals surface area contributed by atoms with Gasteiger partial charge >= 0.3 is 0 Å². The van der Waals surface area contributed by atoms with Crippen molar-refractivity contribution in [2.45, 2.75) is 50.6 Å². The largest absolute Gasteiger partial charge is 0.496 e. The van der Waals surface area contributed by atoms with E-state index in [4.69, 9.17) is 4.74 Å². The summed E-state index contributed by atoms with van der Waals surface area (Å²) in [4.78, 5) is 6.28. The average Bonchev–Trinajstić information content (AvgIpc) is 3.11. The van der Waals surface area contributed by atoms with Crippen LogP contribution >= 0.6 is 12.4 Å². The SMILES string of the molecule is CCS(=O)(=O)c1ccc(OC)c(-c2ccc(CN3CCCCC3C)[nH]2)c1.Cl. The van der Waals surface area contributed by atoms with Gasteiger partial charge in [0.15, 0.2) is 9.84 Å². The van der Waals surface area contributed by atoms with Crippen LogP contribution in [0.4, 0.5) is 0 Å². The molecule has 5 nitrogen and oxygen atoms in total. The molecule has 0 aliphatic carbocycles. The molecule has 1 saturated heterocycles. The Labute approximate surface area is 168 Å². The lowest BCUT2D eigenvalue weighted by molar-refractivity contribution is 0.151. The highest BCUT2D eigenvalue weighted by Gasteiger charge is 2.20. The molecule has 1 aromatic carbocycles. The van der Waals surface area contributed by atoms with E-state index in [2.05, 4.69) is 22.9 Å². The summed E-state index contributed by atoms with van der Waals surface area (Å²) in [5.41, 5.74) is 2.80. The van der Waals surface area contributed by atoms with Gasteiger partial charge in [-0.25, -0.2) is 8.42 Å². The van der Waals surface area contributed by atoms with E-state index in [-0.39, 0.29) is 18.2 Å². The number of nitrogens with one attached hydrogen (secondary N) is 1. The van der Waals surface area contributed by atoms with E-state index in [0.29, 0.717) is 16.7 Å². The first kappa shape index (κ1) is 21.8. The molecule has 3 rings (SSSR count). The first-order valence-corrected chi connectivity index (χ1v) is 10.9. The Morgan fingerprint density at radius 3 is 2.67 bits per heavy atom. The molecular formula is C20H29ClN2O3S. The number of rotatable bonds is 6. The van der Waals surface area contributed by atoms with E-state index in [1.165, 1.54) is 19.3 Å². The summed E-state index contributed by atoms with van der Waals surface area (Å²) in [6, 6.07) is 9.73. The first-order chi connectivity index (χ1) is 12.4. The predicted octanol–water partition coefficient (Wildman–Crippen LogP) is 4.28. The van der Waals surface area contributed by atoms with Gasteiger partial charge in [0.05, 0.1) is 17.8 Å². The molecule has 2 heterocycles. The number of H-pyrrole nitrogens is 1. The summed E-state index contributed by atoms with van der Waals surface area (Å²) in [5.74, 6) is 0.751. The second kappa shape index (κ2) is 9.13. The van der Waals surface area contributed by atoms with Crippen molar-refractivity contribution in [1.29, 1.82) is 0 Å². The van der Waals surface area contributed by atoms with Crippen molar-refractivity contribution in [2.24, 2.45) is 0 Å². The van der Waals surface area contributed by atoms with Gasteiger partial charge in [-0.15, -0.1) is 12.4 Å². The number of hydrogen-bond acceptors (Lipinski definition) is 4. The molecule has 0 amide bonds. The van der Waals surface area contributed by atoms with Crippen LogP contribution in [0.15, 0.2) is 35.2 Å². The number of nitrogens with zero attached hydrogens (tertiary/aromatic N) is 1. The van der Waals surface area contributed by atoms with Crippen LogP contribution < -0.4 is 4.74 Å². The van der Waals surface area contributed by atoms with E-state index < -0.39 is 9.84 Å². The Bertz CT molecular complexity index is 864. The summed E-state index contributed by atoms with van der Waals surface area (Å²) >= 11 is 0. The molecule has 1 fully saturated rings. The molecule has 2 aromatic rings. The van der Waals surface area contributed by atoms with Crippen LogP contribution in [0.1, 0.15) is 38.8 Å². The molecule has 1 atom stereocenters. The second-order valence-electron chi connectivity index (χ2n) is 6.98. The third-order valence-electron chi connectivity index (χ3n) is 5.26. The van der Waals surface area contributed by atoms with E-state index in [1.807, 2.05) is 6.07 Å². The maximum atomic E-state index is 12.2. The summed E-state index contributed by atoms with van der Waals surface area (Å²) in [5, 5.41) is 0. The number of benzene rings is 1. The van der Waals surface area contributed by atoms with Crippen LogP contribution in [-0.2, 0) is 16.4 Å². The zero-order chi connectivity index (χ0) is 18.7. The standard InChI is InChI=1S/C20H28N2O3S.ClH/c1-4-26(23,24)17-9-11-20(25-3)18(13-17)19-10-8-16(21-19)14-22-12-6-5-7-15(22)2;/h8-11,13,15,21H,4-7,12,14H2,1-3H3;1H. The second-order valence-corrected chi connectivity index (χ2v) is 9.26. The third-order valence-corrected chi connectivity index (χ3v) is 6.99. The highest BCUT2D eigenvalue weighted by atomic mass is 35.5. The van der Waals surface area contributed by atoms with Crippen molar-refractivity contribution < 1.29 is 13.2 Å². The number of methoxy groups -OCH3 is 1. The van der Waals surface area contributed by atoms with Crippen LogP contribution in [-0.4, -0.2) is 43.8 Å². The van der Waals surface area contributed by atoms with Crippen LogP contribution in [0.2, 0.25) is 0 Å². The molecule has 0 saturated carbocycles. The van der Waals surface area contributed by atoms with E-state index >= 15 is 0 Å². The topological polar surface area (TPSA) is 62.4 Å². The van der Waals surface area contributed by atoms with Gasteiger partial charge < -0.3 is 9.72 Å². The Kier molecular flexibility index (Phi) is 7.37. The molecular weight excluding hydrogens is 384 g/mol. The van der Waals surface area contributed by atoms with Crippen LogP contribution in [0.25, 0.3) is 11.3 Å². The summed E-state index contributed by atoms with van der Waals surface area (Å²) < 4.78 is 29.9. The molecule has 1 aliphatic heterocycles. The molecule has 1 aliphatic rings. The monoisotopic (exact) mass is 412 g/mol. The Balaban J connectivity index is 0.00000261. The molecule has 1 N–H and O–H groups in total. The fourth-order valence-electron chi connectivity index (χ4n) is 3.56. The Morgan fingerprint density at radius 2 is 2.00 bits per heavy atom. The van der Waals surface area contributed by atoms with Gasteiger partial charge in [0.1, 0.15) is 5.75 Å². The number of aromatic nitrogens is 1. The Morgan fingerprint density at radius 1 is 1.22 bits per heavy atom. The number of hydrogen-bond donors (Lipinski definition) is 1. The lowest BCUT2D eigenvalue weighted by Gasteiger charge is -2.32. The molecule has 7 heteroatoms. The minimum Gasteiger partial charge on any atom is -0.496 e. The van der Waals surface area contributed by atoms with Crippen molar-refractivity contribution in [1.82, 2.24) is 9.88 Å². The summed E-state index contributed by atoms with van der Waals surface area (Å²) in [7, 11) is -1.65. The minimum atomic E-state index is -3.25. The Hall–Kier alpha value is -1.50. The van der Waals surface area contributed by atoms with Gasteiger partial charge in [-0.2, -0.15) is 0 Å². The quantitative estimate of drug-likeness (QED) is 0.769. The highest BCUT2D eigenvalue weighted by Crippen LogP contribution is 2.32. The first-order valence-electron chi connectivity index (χ1n) is 9.27. The number of piperidine rings is 1. The summed E-state index contributed by atoms with van der Waals surface area (Å²) in [6.07, 6.45) is 3.81. The maximum absolute atomic E-state index is 12.2. The van der Waals surface area contributed by atoms with E-state index in [0.717, 1.165) is 30.0 Å². The van der Waals surface area contributed by atoms with E-state index in [1.54, 1.807) is 32.2 Å². The fourth-order valence-corrected chi connectivity index (χ4v) is 4.46. The number of halogens is 1. The number of ether oxygens (including phenoxy) is 1. The third kappa shape index (κ3) is 4.86. The lowest BCUT2D eigenvalue weighted by Crippen LogP contribution is -2.36. The molecule has 0 bridgehead atoms. The van der Waals surface area contributed by atoms with Gasteiger partial charge in [0.2, 0.25) is 0 Å². The fraction of sp³-hybridized carbons (Fsp3) is 0.500. The van der Waals surface area contributed by atoms with Gasteiger partial charge in [0, 0.05) is 29.5 Å². The minimum absolute atomic E-state index is 0. The highest BCUT2D eigenvalue weighted by molar-refractivity contribution is 7.91. The van der Waals surface area contributed by atoms with Crippen LogP contribution in [0, 0.1) is 0 Å². The van der Waals surface area contributed by atoms with Crippen LogP contribution in [0.3, 0.4) is 0 Å². The van der Waals surface area contributed by atoms with Crippen LogP contribution in [0.5, 0.6) is 5.75 Å². The van der Waals surface area contributed by atoms with Crippen molar-refractivity contribution in [3.63, 3.8) is 0 Å². The molecule has 0 radical (unpaired) electrons. The van der Waals surface area contributed by atoms with E-state index in [9.17, 15) is 8.42 Å². The van der Waals surface area contributed by atoms with Gasteiger partial charge in [-0.05, 0) is 56.6 Å². The number of sulfone groups is 1. The van der Waals surface area contributed by atoms with Crippen molar-refractivity contribution in [3.8, 4) is 17.0 Å². The smallest absolute Gasteiger partial charge is 0.178 e. The molecule has 0 spiro atoms. The summed E-state index contributed by atoms with van der Waals surface area (Å²) in [6.45, 7) is 5.95. The lowest BCUT2D eigenvalue weighted by atomic mass is 10.0. The maximum Gasteiger partial charge on any atom is 0.178 e. The van der Waals surface area contributed by atoms with Crippen molar-refractivity contribution in [2.75, 3.05) is 19.4 Å². The van der Waals surface area contributed by atoms with Gasteiger partial charge in [-0.3, -0.25) is 4.90 Å². The number of likely N-dealkylation sites (tertiary alicyclic amines) is 1. The zero-order valence-electron chi connectivity index (χ0n) is 16.2. The molecule has 150 valence electrons. The molecule has 27 heavy (non-hydrogen) atoms. The molecule has 1 unspecified atom stereocenters.